The van der Waals surface area contributed by atoms with E-state index < -0.39 is 5.97 Å². The molecule has 0 aliphatic carbocycles. The van der Waals surface area contributed by atoms with Crippen LogP contribution < -0.4 is 0 Å². The van der Waals surface area contributed by atoms with Crippen molar-refractivity contribution in [3.05, 3.63) is 76.9 Å². The van der Waals surface area contributed by atoms with Gasteiger partial charge in [-0.25, -0.2) is 14.3 Å². The number of carboxylic acid groups (broad SMARTS) is 1. The molecule has 0 radical (unpaired) electrons. The van der Waals surface area contributed by atoms with Gasteiger partial charge < -0.3 is 5.11 Å². The van der Waals surface area contributed by atoms with Gasteiger partial charge in [-0.05, 0) is 37.1 Å². The van der Waals surface area contributed by atoms with Crippen molar-refractivity contribution in [2.24, 2.45) is 0 Å². The van der Waals surface area contributed by atoms with E-state index in [0.29, 0.717) is 17.1 Å². The van der Waals surface area contributed by atoms with Crippen molar-refractivity contribution < 1.29 is 9.90 Å². The third kappa shape index (κ3) is 2.77. The van der Waals surface area contributed by atoms with Gasteiger partial charge in [0.25, 0.3) is 0 Å². The largest absolute Gasteiger partial charge is 0.478 e. The van der Waals surface area contributed by atoms with E-state index in [1.165, 1.54) is 10.9 Å². The van der Waals surface area contributed by atoms with Crippen LogP contribution in [0.5, 0.6) is 0 Å². The SMILES string of the molecule is [C-]#[N+]c1cc(-n2cc(C(=O)O)c(C)n2)ccc1-c1cccc(C)c1. The van der Waals surface area contributed by atoms with Crippen LogP contribution in [0.25, 0.3) is 21.7 Å². The predicted octanol–water partition coefficient (Wildman–Crippen LogP) is 4.41. The molecule has 0 fully saturated rings. The van der Waals surface area contributed by atoms with Crippen LogP contribution in [0.15, 0.2) is 48.7 Å². The number of benzene rings is 2. The first-order valence-corrected chi connectivity index (χ1v) is 7.38. The lowest BCUT2D eigenvalue weighted by atomic mass is 10.0. The fourth-order valence-corrected chi connectivity index (χ4v) is 2.61. The number of carbonyl (C=O) groups is 1. The molecule has 0 saturated carbocycles. The highest BCUT2D eigenvalue weighted by atomic mass is 16.4. The molecular formula is C19H15N3O2. The van der Waals surface area contributed by atoms with Crippen molar-refractivity contribution in [2.45, 2.75) is 13.8 Å². The minimum absolute atomic E-state index is 0.155. The van der Waals surface area contributed by atoms with E-state index in [4.69, 9.17) is 11.7 Å². The van der Waals surface area contributed by atoms with E-state index in [1.54, 1.807) is 13.0 Å². The summed E-state index contributed by atoms with van der Waals surface area (Å²) >= 11 is 0. The van der Waals surface area contributed by atoms with Crippen LogP contribution in [0.1, 0.15) is 21.6 Å². The maximum atomic E-state index is 11.2. The lowest BCUT2D eigenvalue weighted by Crippen LogP contribution is -1.96. The summed E-state index contributed by atoms with van der Waals surface area (Å²) in [6.45, 7) is 11.1. The number of hydrogen-bond acceptors (Lipinski definition) is 2. The number of carboxylic acids is 1. The van der Waals surface area contributed by atoms with Gasteiger partial charge in [0.05, 0.1) is 18.0 Å². The van der Waals surface area contributed by atoms with E-state index in [-0.39, 0.29) is 5.56 Å². The zero-order valence-corrected chi connectivity index (χ0v) is 13.3. The van der Waals surface area contributed by atoms with Gasteiger partial charge in [0.2, 0.25) is 0 Å². The molecule has 0 aliphatic rings. The molecule has 1 aromatic heterocycles. The molecule has 1 N–H and O–H groups in total. The van der Waals surface area contributed by atoms with Gasteiger partial charge in [-0.3, -0.25) is 0 Å². The number of aromatic carboxylic acids is 1. The first kappa shape index (κ1) is 15.5. The fraction of sp³-hybridized carbons (Fsp3) is 0.105. The molecule has 0 bridgehead atoms. The number of nitrogens with zero attached hydrogens (tertiary/aromatic N) is 3. The molecule has 3 aromatic rings. The van der Waals surface area contributed by atoms with Gasteiger partial charge in [-0.15, -0.1) is 0 Å². The Morgan fingerprint density at radius 1 is 1.21 bits per heavy atom. The van der Waals surface area contributed by atoms with Gasteiger partial charge >= 0.3 is 5.97 Å². The van der Waals surface area contributed by atoms with Crippen LogP contribution in [0, 0.1) is 20.4 Å². The summed E-state index contributed by atoms with van der Waals surface area (Å²) in [5, 5.41) is 13.4. The van der Waals surface area contributed by atoms with Crippen molar-refractivity contribution in [2.75, 3.05) is 0 Å². The monoisotopic (exact) mass is 317 g/mol. The maximum absolute atomic E-state index is 11.2. The first-order chi connectivity index (χ1) is 11.5. The van der Waals surface area contributed by atoms with E-state index in [1.807, 2.05) is 43.3 Å². The second kappa shape index (κ2) is 6.01. The van der Waals surface area contributed by atoms with Crippen LogP contribution >= 0.6 is 0 Å². The molecular weight excluding hydrogens is 302 g/mol. The minimum atomic E-state index is -1.01. The third-order valence-corrected chi connectivity index (χ3v) is 3.82. The standard InChI is InChI=1S/C19H15N3O2/c1-12-5-4-6-14(9-12)16-8-7-15(10-18(16)20-3)22-11-17(19(23)24)13(2)21-22/h4-11H,1-2H3,(H,23,24). The Morgan fingerprint density at radius 2 is 2.00 bits per heavy atom. The Bertz CT molecular complexity index is 981. The second-order valence-corrected chi connectivity index (χ2v) is 5.56. The molecule has 0 saturated heterocycles. The van der Waals surface area contributed by atoms with Crippen LogP contribution in [0.3, 0.4) is 0 Å². The average molecular weight is 317 g/mol. The fourth-order valence-electron chi connectivity index (χ4n) is 2.61. The summed E-state index contributed by atoms with van der Waals surface area (Å²) in [5.41, 5.74) is 4.71. The Labute approximate surface area is 139 Å². The molecule has 1 heterocycles. The summed E-state index contributed by atoms with van der Waals surface area (Å²) < 4.78 is 1.49. The Balaban J connectivity index is 2.09. The molecule has 118 valence electrons. The summed E-state index contributed by atoms with van der Waals surface area (Å²) in [5.74, 6) is -1.01. The van der Waals surface area contributed by atoms with Crippen LogP contribution in [-0.2, 0) is 0 Å². The van der Waals surface area contributed by atoms with Crippen molar-refractivity contribution >= 4 is 11.7 Å². The topological polar surface area (TPSA) is 59.5 Å². The van der Waals surface area contributed by atoms with Gasteiger partial charge in [0, 0.05) is 6.20 Å². The lowest BCUT2D eigenvalue weighted by Gasteiger charge is -2.08. The van der Waals surface area contributed by atoms with Gasteiger partial charge in [0.1, 0.15) is 5.56 Å². The van der Waals surface area contributed by atoms with E-state index >= 15 is 0 Å². The van der Waals surface area contributed by atoms with E-state index in [2.05, 4.69) is 9.94 Å². The molecule has 2 aromatic carbocycles. The normalized spacial score (nSPS) is 10.4. The number of aromatic nitrogens is 2. The smallest absolute Gasteiger partial charge is 0.339 e. The van der Waals surface area contributed by atoms with Crippen LogP contribution in [0.2, 0.25) is 0 Å². The maximum Gasteiger partial charge on any atom is 0.339 e. The molecule has 0 amide bonds. The number of aryl methyl sites for hydroxylation is 2. The summed E-state index contributed by atoms with van der Waals surface area (Å²) in [4.78, 5) is 14.8. The zero-order valence-electron chi connectivity index (χ0n) is 13.3. The van der Waals surface area contributed by atoms with Crippen molar-refractivity contribution in [3.63, 3.8) is 0 Å². The van der Waals surface area contributed by atoms with Crippen molar-refractivity contribution in [1.82, 2.24) is 9.78 Å². The molecule has 5 heteroatoms. The quantitative estimate of drug-likeness (QED) is 0.728. The van der Waals surface area contributed by atoms with Crippen molar-refractivity contribution in [1.29, 1.82) is 0 Å². The minimum Gasteiger partial charge on any atom is -0.478 e. The molecule has 0 aliphatic heterocycles. The van der Waals surface area contributed by atoms with Gasteiger partial charge in [0.15, 0.2) is 5.69 Å². The Hall–Kier alpha value is -3.39. The molecule has 5 nitrogen and oxygen atoms in total. The van der Waals surface area contributed by atoms with Gasteiger partial charge in [-0.2, -0.15) is 5.10 Å². The van der Waals surface area contributed by atoms with Crippen LogP contribution in [0.4, 0.5) is 5.69 Å². The highest BCUT2D eigenvalue weighted by Gasteiger charge is 2.14. The Kier molecular flexibility index (Phi) is 3.88. The predicted molar refractivity (Wildman–Crippen MR) is 91.7 cm³/mol. The molecule has 0 unspecified atom stereocenters. The zero-order chi connectivity index (χ0) is 17.3. The number of rotatable bonds is 3. The van der Waals surface area contributed by atoms with Gasteiger partial charge in [-0.1, -0.05) is 35.9 Å². The molecule has 0 spiro atoms. The van der Waals surface area contributed by atoms with E-state index in [0.717, 1.165) is 16.7 Å². The summed E-state index contributed by atoms with van der Waals surface area (Å²) in [7, 11) is 0. The molecule has 3 rings (SSSR count). The highest BCUT2D eigenvalue weighted by Crippen LogP contribution is 2.32. The molecule has 24 heavy (non-hydrogen) atoms. The summed E-state index contributed by atoms with van der Waals surface area (Å²) in [6.07, 6.45) is 1.47. The first-order valence-electron chi connectivity index (χ1n) is 7.38. The average Bonchev–Trinajstić information content (AvgIpc) is 2.96. The lowest BCUT2D eigenvalue weighted by molar-refractivity contribution is 0.0696. The summed E-state index contributed by atoms with van der Waals surface area (Å²) in [6, 6.07) is 13.4. The Morgan fingerprint density at radius 3 is 2.62 bits per heavy atom. The second-order valence-electron chi connectivity index (χ2n) is 5.56. The van der Waals surface area contributed by atoms with Crippen molar-refractivity contribution in [3.8, 4) is 16.8 Å². The molecule has 0 atom stereocenters. The number of hydrogen-bond donors (Lipinski definition) is 1. The van der Waals surface area contributed by atoms with Crippen LogP contribution in [-0.4, -0.2) is 20.9 Å². The third-order valence-electron chi connectivity index (χ3n) is 3.82. The highest BCUT2D eigenvalue weighted by molar-refractivity contribution is 5.88. The van der Waals surface area contributed by atoms with E-state index in [9.17, 15) is 4.79 Å².